The van der Waals surface area contributed by atoms with Crippen molar-refractivity contribution < 1.29 is 14.3 Å². The number of thioether (sulfide) groups is 1. The Morgan fingerprint density at radius 2 is 1.63 bits per heavy atom. The maximum atomic E-state index is 12.1. The Bertz CT molecular complexity index is 567. The summed E-state index contributed by atoms with van der Waals surface area (Å²) in [5.74, 6) is 1.17. The van der Waals surface area contributed by atoms with Crippen molar-refractivity contribution in [2.45, 2.75) is 4.90 Å². The van der Waals surface area contributed by atoms with Crippen molar-refractivity contribution in [3.8, 4) is 11.5 Å². The van der Waals surface area contributed by atoms with Crippen LogP contribution in [0.2, 0.25) is 0 Å². The van der Waals surface area contributed by atoms with E-state index in [9.17, 15) is 4.79 Å². The number of ether oxygens (including phenoxy) is 2. The molecule has 0 unspecified atom stereocenters. The van der Waals surface area contributed by atoms with Crippen LogP contribution in [0.1, 0.15) is 10.4 Å². The van der Waals surface area contributed by atoms with Crippen LogP contribution in [0.4, 0.5) is 0 Å². The maximum Gasteiger partial charge on any atom is 0.224 e. The topological polar surface area (TPSA) is 35.5 Å². The van der Waals surface area contributed by atoms with Crippen molar-refractivity contribution in [2.75, 3.05) is 14.2 Å². The van der Waals surface area contributed by atoms with Crippen LogP contribution in [0.15, 0.2) is 53.4 Å². The van der Waals surface area contributed by atoms with Crippen molar-refractivity contribution >= 4 is 16.9 Å². The second-order valence-electron chi connectivity index (χ2n) is 3.77. The molecular formula is C15H14O3S. The molecule has 0 amide bonds. The molecule has 0 aliphatic rings. The summed E-state index contributed by atoms with van der Waals surface area (Å²) in [6.45, 7) is 0. The van der Waals surface area contributed by atoms with Crippen molar-refractivity contribution in [1.82, 2.24) is 0 Å². The molecule has 2 rings (SSSR count). The number of methoxy groups -OCH3 is 2. The Morgan fingerprint density at radius 1 is 0.947 bits per heavy atom. The molecule has 2 aromatic rings. The number of carbonyl (C=O) groups excluding carboxylic acids is 1. The third-order valence-corrected chi connectivity index (χ3v) is 3.50. The molecule has 0 aliphatic carbocycles. The molecule has 0 atom stereocenters. The van der Waals surface area contributed by atoms with Gasteiger partial charge in [-0.15, -0.1) is 0 Å². The van der Waals surface area contributed by atoms with Crippen molar-refractivity contribution in [3.05, 3.63) is 54.1 Å². The van der Waals surface area contributed by atoms with E-state index < -0.39 is 0 Å². The Kier molecular flexibility index (Phi) is 4.47. The lowest BCUT2D eigenvalue weighted by atomic mass is 10.2. The largest absolute Gasteiger partial charge is 0.493 e. The summed E-state index contributed by atoms with van der Waals surface area (Å²) in [7, 11) is 3.12. The van der Waals surface area contributed by atoms with Crippen molar-refractivity contribution in [3.63, 3.8) is 0 Å². The molecule has 0 aromatic heterocycles. The Labute approximate surface area is 116 Å². The van der Waals surface area contributed by atoms with Crippen LogP contribution < -0.4 is 9.47 Å². The monoisotopic (exact) mass is 274 g/mol. The molecule has 0 saturated heterocycles. The van der Waals surface area contributed by atoms with Crippen LogP contribution in [0, 0.1) is 0 Å². The second kappa shape index (κ2) is 6.29. The average molecular weight is 274 g/mol. The van der Waals surface area contributed by atoms with Crippen LogP contribution in [-0.4, -0.2) is 19.3 Å². The summed E-state index contributed by atoms with van der Waals surface area (Å²) >= 11 is 1.19. The number of rotatable bonds is 4. The van der Waals surface area contributed by atoms with Gasteiger partial charge >= 0.3 is 0 Å². The first kappa shape index (κ1) is 13.5. The highest BCUT2D eigenvalue weighted by Gasteiger charge is 2.11. The highest BCUT2D eigenvalue weighted by atomic mass is 32.2. The summed E-state index contributed by atoms with van der Waals surface area (Å²) in [5, 5.41) is -0.0212. The van der Waals surface area contributed by atoms with Gasteiger partial charge in [0.2, 0.25) is 5.12 Å². The Hall–Kier alpha value is -1.94. The first-order valence-corrected chi connectivity index (χ1v) is 6.55. The molecule has 98 valence electrons. The van der Waals surface area contributed by atoms with Gasteiger partial charge in [0.15, 0.2) is 11.5 Å². The molecule has 0 radical (unpaired) electrons. The SMILES string of the molecule is COc1ccc(C(=O)Sc2ccccc2)cc1OC. The molecule has 0 saturated carbocycles. The van der Waals surface area contributed by atoms with Crippen LogP contribution >= 0.6 is 11.8 Å². The fourth-order valence-electron chi connectivity index (χ4n) is 1.62. The van der Waals surface area contributed by atoms with Gasteiger partial charge in [-0.1, -0.05) is 18.2 Å². The zero-order chi connectivity index (χ0) is 13.7. The molecule has 3 nitrogen and oxygen atoms in total. The summed E-state index contributed by atoms with van der Waals surface area (Å²) in [6, 6.07) is 14.7. The molecule has 0 N–H and O–H groups in total. The lowest BCUT2D eigenvalue weighted by molar-refractivity contribution is 0.108. The van der Waals surface area contributed by atoms with Gasteiger partial charge in [-0.2, -0.15) is 0 Å². The predicted molar refractivity (Wildman–Crippen MR) is 76.2 cm³/mol. The fraction of sp³-hybridized carbons (Fsp3) is 0.133. The van der Waals surface area contributed by atoms with Gasteiger partial charge < -0.3 is 9.47 Å². The van der Waals surface area contributed by atoms with E-state index in [0.29, 0.717) is 17.1 Å². The number of hydrogen-bond acceptors (Lipinski definition) is 4. The lowest BCUT2D eigenvalue weighted by Crippen LogP contribution is -1.96. The van der Waals surface area contributed by atoms with E-state index in [4.69, 9.17) is 9.47 Å². The number of benzene rings is 2. The first-order chi connectivity index (χ1) is 9.24. The van der Waals surface area contributed by atoms with Gasteiger partial charge in [-0.25, -0.2) is 0 Å². The van der Waals surface area contributed by atoms with Gasteiger partial charge in [0.1, 0.15) is 0 Å². The number of carbonyl (C=O) groups is 1. The van der Waals surface area contributed by atoms with Crippen molar-refractivity contribution in [2.24, 2.45) is 0 Å². The van der Waals surface area contributed by atoms with Crippen molar-refractivity contribution in [1.29, 1.82) is 0 Å². The lowest BCUT2D eigenvalue weighted by Gasteiger charge is -2.08. The smallest absolute Gasteiger partial charge is 0.224 e. The summed E-state index contributed by atoms with van der Waals surface area (Å²) in [6.07, 6.45) is 0. The molecule has 0 spiro atoms. The highest BCUT2D eigenvalue weighted by Crippen LogP contribution is 2.30. The average Bonchev–Trinajstić information content (AvgIpc) is 2.47. The molecule has 0 fully saturated rings. The maximum absolute atomic E-state index is 12.1. The van der Waals surface area contributed by atoms with Crippen LogP contribution in [0.25, 0.3) is 0 Å². The molecule has 4 heteroatoms. The molecular weight excluding hydrogens is 260 g/mol. The van der Waals surface area contributed by atoms with Gasteiger partial charge in [0, 0.05) is 10.5 Å². The van der Waals surface area contributed by atoms with Gasteiger partial charge in [-0.05, 0) is 42.1 Å². The molecule has 2 aromatic carbocycles. The highest BCUT2D eigenvalue weighted by molar-refractivity contribution is 8.14. The van der Waals surface area contributed by atoms with Gasteiger partial charge in [0.05, 0.1) is 14.2 Å². The second-order valence-corrected chi connectivity index (χ2v) is 4.82. The van der Waals surface area contributed by atoms with Crippen LogP contribution in [0.3, 0.4) is 0 Å². The third-order valence-electron chi connectivity index (χ3n) is 2.57. The van der Waals surface area contributed by atoms with Crippen LogP contribution in [0.5, 0.6) is 11.5 Å². The van der Waals surface area contributed by atoms with E-state index in [2.05, 4.69) is 0 Å². The van der Waals surface area contributed by atoms with E-state index in [0.717, 1.165) is 4.90 Å². The van der Waals surface area contributed by atoms with Crippen LogP contribution in [-0.2, 0) is 0 Å². The Morgan fingerprint density at radius 3 is 2.26 bits per heavy atom. The zero-order valence-electron chi connectivity index (χ0n) is 10.8. The fourth-order valence-corrected chi connectivity index (χ4v) is 2.37. The third kappa shape index (κ3) is 3.29. The zero-order valence-corrected chi connectivity index (χ0v) is 11.6. The standard InChI is InChI=1S/C15H14O3S/c1-17-13-9-8-11(10-14(13)18-2)15(16)19-12-6-4-3-5-7-12/h3-10H,1-2H3. The van der Waals surface area contributed by atoms with Gasteiger partial charge in [-0.3, -0.25) is 4.79 Å². The molecule has 0 aliphatic heterocycles. The minimum Gasteiger partial charge on any atom is -0.493 e. The van der Waals surface area contributed by atoms with Gasteiger partial charge in [0.25, 0.3) is 0 Å². The Balaban J connectivity index is 2.20. The summed E-state index contributed by atoms with van der Waals surface area (Å²) in [5.41, 5.74) is 0.589. The quantitative estimate of drug-likeness (QED) is 0.797. The summed E-state index contributed by atoms with van der Waals surface area (Å²) < 4.78 is 10.3. The first-order valence-electron chi connectivity index (χ1n) is 5.74. The van der Waals surface area contributed by atoms with E-state index in [-0.39, 0.29) is 5.12 Å². The summed E-state index contributed by atoms with van der Waals surface area (Å²) in [4.78, 5) is 13.1. The van der Waals surface area contributed by atoms with E-state index >= 15 is 0 Å². The number of hydrogen-bond donors (Lipinski definition) is 0. The molecule has 0 heterocycles. The van der Waals surface area contributed by atoms with E-state index in [1.54, 1.807) is 32.4 Å². The minimum atomic E-state index is -0.0212. The van der Waals surface area contributed by atoms with E-state index in [1.807, 2.05) is 30.3 Å². The minimum absolute atomic E-state index is 0.0212. The molecule has 0 bridgehead atoms. The van der Waals surface area contributed by atoms with E-state index in [1.165, 1.54) is 11.8 Å². The normalized spacial score (nSPS) is 10.0. The molecule has 19 heavy (non-hydrogen) atoms. The predicted octanol–water partition coefficient (Wildman–Crippen LogP) is 3.64.